The van der Waals surface area contributed by atoms with Gasteiger partial charge < -0.3 is 19.1 Å². The van der Waals surface area contributed by atoms with E-state index < -0.39 is 0 Å². The predicted molar refractivity (Wildman–Crippen MR) is 155 cm³/mol. The van der Waals surface area contributed by atoms with Gasteiger partial charge in [0.05, 0.1) is 20.1 Å². The van der Waals surface area contributed by atoms with Crippen molar-refractivity contribution in [3.05, 3.63) is 125 Å². The first-order valence-electron chi connectivity index (χ1n) is 13.4. The number of benzene rings is 4. The third kappa shape index (κ3) is 7.64. The van der Waals surface area contributed by atoms with E-state index in [-0.39, 0.29) is 11.8 Å². The van der Waals surface area contributed by atoms with E-state index in [1.54, 1.807) is 14.2 Å². The number of rotatable bonds is 13. The molecule has 0 saturated heterocycles. The average Bonchev–Trinajstić information content (AvgIpc) is 2.99. The third-order valence-electron chi connectivity index (χ3n) is 6.86. The van der Waals surface area contributed by atoms with Crippen LogP contribution >= 0.6 is 0 Å². The maximum Gasteiger partial charge on any atom is 0.230 e. The molecular formula is C34H37NO4. The summed E-state index contributed by atoms with van der Waals surface area (Å²) >= 11 is 0. The Morgan fingerprint density at radius 1 is 0.744 bits per heavy atom. The Morgan fingerprint density at radius 2 is 1.44 bits per heavy atom. The lowest BCUT2D eigenvalue weighted by Gasteiger charge is -2.28. The largest absolute Gasteiger partial charge is 0.493 e. The van der Waals surface area contributed by atoms with Crippen LogP contribution in [0.3, 0.4) is 0 Å². The van der Waals surface area contributed by atoms with Crippen LogP contribution < -0.4 is 14.2 Å². The summed E-state index contributed by atoms with van der Waals surface area (Å²) in [6.45, 7) is 3.64. The van der Waals surface area contributed by atoms with Gasteiger partial charge in [-0.25, -0.2) is 0 Å². The van der Waals surface area contributed by atoms with E-state index in [9.17, 15) is 4.79 Å². The zero-order valence-corrected chi connectivity index (χ0v) is 23.0. The molecule has 0 fully saturated rings. The van der Waals surface area contributed by atoms with Gasteiger partial charge >= 0.3 is 0 Å². The molecule has 0 heterocycles. The fourth-order valence-corrected chi connectivity index (χ4v) is 4.72. The van der Waals surface area contributed by atoms with E-state index in [2.05, 4.69) is 13.0 Å². The Hall–Kier alpha value is -4.25. The standard InChI is InChI=1S/C34H37NO4/c1-4-31(29-15-9-6-10-16-29)34(36)35(21-20-26-18-19-32(37-2)33(23-26)38-3)24-28-14-11-17-30(22-28)39-25-27-12-7-5-8-13-27/h5-19,22-23,31H,4,20-21,24-25H2,1-3H3. The maximum atomic E-state index is 14.0. The van der Waals surface area contributed by atoms with Gasteiger partial charge in [-0.05, 0) is 59.4 Å². The normalized spacial score (nSPS) is 11.5. The van der Waals surface area contributed by atoms with E-state index in [0.29, 0.717) is 37.6 Å². The SMILES string of the molecule is CCC(C(=O)N(CCc1ccc(OC)c(OC)c1)Cc1cccc(OCc2ccccc2)c1)c1ccccc1. The zero-order chi connectivity index (χ0) is 27.5. The van der Waals surface area contributed by atoms with Gasteiger partial charge in [0.2, 0.25) is 5.91 Å². The highest BCUT2D eigenvalue weighted by Gasteiger charge is 2.25. The Labute approximate surface area is 232 Å². The number of carbonyl (C=O) groups excluding carboxylic acids is 1. The lowest BCUT2D eigenvalue weighted by atomic mass is 9.94. The molecule has 39 heavy (non-hydrogen) atoms. The first-order valence-corrected chi connectivity index (χ1v) is 13.4. The van der Waals surface area contributed by atoms with E-state index >= 15 is 0 Å². The molecule has 4 aromatic rings. The molecule has 1 amide bonds. The number of methoxy groups -OCH3 is 2. The van der Waals surface area contributed by atoms with Gasteiger partial charge in [0.15, 0.2) is 11.5 Å². The lowest BCUT2D eigenvalue weighted by molar-refractivity contribution is -0.133. The predicted octanol–water partition coefficient (Wildman–Crippen LogP) is 7.05. The third-order valence-corrected chi connectivity index (χ3v) is 6.86. The summed E-state index contributed by atoms with van der Waals surface area (Å²) in [5.41, 5.74) is 4.27. The number of carbonyl (C=O) groups is 1. The highest BCUT2D eigenvalue weighted by molar-refractivity contribution is 5.83. The van der Waals surface area contributed by atoms with E-state index in [1.165, 1.54) is 0 Å². The van der Waals surface area contributed by atoms with Crippen molar-refractivity contribution in [2.45, 2.75) is 38.8 Å². The van der Waals surface area contributed by atoms with Gasteiger partial charge in [0.1, 0.15) is 12.4 Å². The molecule has 5 heteroatoms. The molecule has 0 bridgehead atoms. The van der Waals surface area contributed by atoms with Gasteiger partial charge in [-0.1, -0.05) is 85.8 Å². The van der Waals surface area contributed by atoms with Crippen molar-refractivity contribution < 1.29 is 19.0 Å². The van der Waals surface area contributed by atoms with E-state index in [4.69, 9.17) is 14.2 Å². The summed E-state index contributed by atoms with van der Waals surface area (Å²) in [5.74, 6) is 2.09. The minimum atomic E-state index is -0.200. The Balaban J connectivity index is 1.54. The molecule has 0 aliphatic rings. The molecule has 0 aromatic heterocycles. The molecule has 0 N–H and O–H groups in total. The van der Waals surface area contributed by atoms with Gasteiger partial charge in [0.25, 0.3) is 0 Å². The molecule has 0 aliphatic heterocycles. The van der Waals surface area contributed by atoms with Crippen molar-refractivity contribution in [2.75, 3.05) is 20.8 Å². The minimum Gasteiger partial charge on any atom is -0.493 e. The van der Waals surface area contributed by atoms with Gasteiger partial charge in [0, 0.05) is 13.1 Å². The number of hydrogen-bond donors (Lipinski definition) is 0. The van der Waals surface area contributed by atoms with Gasteiger partial charge in [-0.3, -0.25) is 4.79 Å². The topological polar surface area (TPSA) is 48.0 Å². The molecule has 0 spiro atoms. The van der Waals surface area contributed by atoms with Crippen LogP contribution in [0.2, 0.25) is 0 Å². The van der Waals surface area contributed by atoms with Crippen LogP contribution in [-0.4, -0.2) is 31.6 Å². The summed E-state index contributed by atoms with van der Waals surface area (Å²) in [7, 11) is 3.26. The maximum absolute atomic E-state index is 14.0. The monoisotopic (exact) mass is 523 g/mol. The number of ether oxygens (including phenoxy) is 3. The molecule has 0 saturated carbocycles. The minimum absolute atomic E-state index is 0.125. The molecule has 1 atom stereocenters. The second kappa shape index (κ2) is 14.1. The molecule has 4 aromatic carbocycles. The molecule has 1 unspecified atom stereocenters. The average molecular weight is 524 g/mol. The van der Waals surface area contributed by atoms with Crippen molar-refractivity contribution in [3.63, 3.8) is 0 Å². The van der Waals surface area contributed by atoms with Crippen molar-refractivity contribution in [1.29, 1.82) is 0 Å². The number of hydrogen-bond acceptors (Lipinski definition) is 4. The zero-order valence-electron chi connectivity index (χ0n) is 23.0. The second-order valence-corrected chi connectivity index (χ2v) is 9.49. The quantitative estimate of drug-likeness (QED) is 0.188. The first-order chi connectivity index (χ1) is 19.1. The summed E-state index contributed by atoms with van der Waals surface area (Å²) in [6, 6.07) is 34.1. The highest BCUT2D eigenvalue weighted by atomic mass is 16.5. The number of amides is 1. The summed E-state index contributed by atoms with van der Waals surface area (Å²) < 4.78 is 16.9. The van der Waals surface area contributed by atoms with Gasteiger partial charge in [-0.2, -0.15) is 0 Å². The van der Waals surface area contributed by atoms with Crippen LogP contribution in [0, 0.1) is 0 Å². The Bertz CT molecular complexity index is 1320. The highest BCUT2D eigenvalue weighted by Crippen LogP contribution is 2.29. The van der Waals surface area contributed by atoms with Crippen LogP contribution in [0.15, 0.2) is 103 Å². The fraction of sp³-hybridized carbons (Fsp3) is 0.265. The summed E-state index contributed by atoms with van der Waals surface area (Å²) in [4.78, 5) is 15.9. The van der Waals surface area contributed by atoms with Crippen molar-refractivity contribution in [1.82, 2.24) is 4.90 Å². The van der Waals surface area contributed by atoms with Gasteiger partial charge in [-0.15, -0.1) is 0 Å². The van der Waals surface area contributed by atoms with Crippen LogP contribution in [0.25, 0.3) is 0 Å². The van der Waals surface area contributed by atoms with Crippen LogP contribution in [0.5, 0.6) is 17.2 Å². The number of nitrogens with zero attached hydrogens (tertiary/aromatic N) is 1. The molecule has 4 rings (SSSR count). The van der Waals surface area contributed by atoms with Crippen LogP contribution in [-0.2, 0) is 24.4 Å². The van der Waals surface area contributed by atoms with Crippen molar-refractivity contribution >= 4 is 5.91 Å². The smallest absolute Gasteiger partial charge is 0.230 e. The molecule has 0 aliphatic carbocycles. The summed E-state index contributed by atoms with van der Waals surface area (Å²) in [5, 5.41) is 0. The van der Waals surface area contributed by atoms with Crippen LogP contribution in [0.1, 0.15) is 41.5 Å². The lowest BCUT2D eigenvalue weighted by Crippen LogP contribution is -2.36. The first kappa shape index (κ1) is 27.8. The second-order valence-electron chi connectivity index (χ2n) is 9.49. The van der Waals surface area contributed by atoms with E-state index in [1.807, 2.05) is 102 Å². The molecule has 0 radical (unpaired) electrons. The van der Waals surface area contributed by atoms with E-state index in [0.717, 1.165) is 34.4 Å². The summed E-state index contributed by atoms with van der Waals surface area (Å²) in [6.07, 6.45) is 1.43. The molecular weight excluding hydrogens is 486 g/mol. The Kier molecular flexibility index (Phi) is 10.0. The van der Waals surface area contributed by atoms with Crippen molar-refractivity contribution in [3.8, 4) is 17.2 Å². The molecule has 202 valence electrons. The fourth-order valence-electron chi connectivity index (χ4n) is 4.72. The van der Waals surface area contributed by atoms with Crippen molar-refractivity contribution in [2.24, 2.45) is 0 Å². The Morgan fingerprint density at radius 3 is 2.13 bits per heavy atom. The molecule has 5 nitrogen and oxygen atoms in total. The van der Waals surface area contributed by atoms with Crippen LogP contribution in [0.4, 0.5) is 0 Å².